The number of morpholine rings is 1. The van der Waals surface area contributed by atoms with Gasteiger partial charge in [0.2, 0.25) is 0 Å². The Morgan fingerprint density at radius 2 is 2.15 bits per heavy atom. The highest BCUT2D eigenvalue weighted by molar-refractivity contribution is 5.72. The van der Waals surface area contributed by atoms with Crippen LogP contribution in [0, 0.1) is 0 Å². The molecule has 1 fully saturated rings. The van der Waals surface area contributed by atoms with Gasteiger partial charge >= 0.3 is 5.97 Å². The van der Waals surface area contributed by atoms with Crippen LogP contribution < -0.4 is 0 Å². The van der Waals surface area contributed by atoms with E-state index in [0.717, 1.165) is 19.4 Å². The summed E-state index contributed by atoms with van der Waals surface area (Å²) >= 11 is 0. The summed E-state index contributed by atoms with van der Waals surface area (Å²) in [5.74, 6) is -0.850. The molecule has 1 N–H and O–H groups in total. The highest BCUT2D eigenvalue weighted by atomic mass is 16.5. The second-order valence-electron chi connectivity index (χ2n) is 5.65. The topological polar surface area (TPSA) is 49.8 Å². The summed E-state index contributed by atoms with van der Waals surface area (Å²) in [7, 11) is 0. The zero-order valence-electron chi connectivity index (χ0n) is 11.6. The molecule has 20 heavy (non-hydrogen) atoms. The third-order valence-electron chi connectivity index (χ3n) is 4.40. The number of benzene rings is 1. The second-order valence-corrected chi connectivity index (χ2v) is 5.65. The number of hydrogen-bond acceptors (Lipinski definition) is 3. The summed E-state index contributed by atoms with van der Waals surface area (Å²) in [4.78, 5) is 13.4. The molecule has 1 heterocycles. The van der Waals surface area contributed by atoms with E-state index >= 15 is 0 Å². The predicted octanol–water partition coefficient (Wildman–Crippen LogP) is 2.24. The van der Waals surface area contributed by atoms with Gasteiger partial charge in [-0.2, -0.15) is 0 Å². The van der Waals surface area contributed by atoms with Crippen LogP contribution in [0.3, 0.4) is 0 Å². The fourth-order valence-electron chi connectivity index (χ4n) is 3.38. The molecule has 0 radical (unpaired) electrons. The summed E-state index contributed by atoms with van der Waals surface area (Å²) in [6.07, 6.45) is 4.00. The maximum Gasteiger partial charge on any atom is 0.334 e. The lowest BCUT2D eigenvalue weighted by molar-refractivity contribution is -0.157. The van der Waals surface area contributed by atoms with Crippen molar-refractivity contribution < 1.29 is 14.6 Å². The summed E-state index contributed by atoms with van der Waals surface area (Å²) < 4.78 is 5.34. The van der Waals surface area contributed by atoms with E-state index in [1.165, 1.54) is 24.0 Å². The fraction of sp³-hybridized carbons (Fsp3) is 0.562. The molecule has 4 heteroatoms. The van der Waals surface area contributed by atoms with Crippen LogP contribution in [0.15, 0.2) is 24.3 Å². The minimum atomic E-state index is -0.850. The van der Waals surface area contributed by atoms with Crippen LogP contribution in [0.4, 0.5) is 0 Å². The SMILES string of the molecule is O=C(O)C1CN(C2CCCCc3ccccc32)CCO1. The molecule has 3 rings (SSSR count). The van der Waals surface area contributed by atoms with E-state index in [9.17, 15) is 4.79 Å². The Morgan fingerprint density at radius 1 is 1.30 bits per heavy atom. The predicted molar refractivity (Wildman–Crippen MR) is 75.7 cm³/mol. The van der Waals surface area contributed by atoms with E-state index in [-0.39, 0.29) is 0 Å². The van der Waals surface area contributed by atoms with E-state index in [0.29, 0.717) is 19.2 Å². The molecular formula is C16H21NO3. The first-order valence-corrected chi connectivity index (χ1v) is 7.42. The van der Waals surface area contributed by atoms with E-state index < -0.39 is 12.1 Å². The van der Waals surface area contributed by atoms with Gasteiger partial charge in [-0.25, -0.2) is 4.79 Å². The van der Waals surface area contributed by atoms with Crippen LogP contribution in [-0.2, 0) is 16.0 Å². The Bertz CT molecular complexity index is 488. The van der Waals surface area contributed by atoms with Gasteiger partial charge in [-0.05, 0) is 30.4 Å². The number of aliphatic carboxylic acids is 1. The summed E-state index contributed by atoms with van der Waals surface area (Å²) in [6, 6.07) is 8.95. The van der Waals surface area contributed by atoms with Gasteiger partial charge in [-0.1, -0.05) is 30.7 Å². The highest BCUT2D eigenvalue weighted by Crippen LogP contribution is 2.34. The van der Waals surface area contributed by atoms with Crippen molar-refractivity contribution in [3.63, 3.8) is 0 Å². The van der Waals surface area contributed by atoms with Gasteiger partial charge in [-0.15, -0.1) is 0 Å². The third kappa shape index (κ3) is 2.72. The molecule has 2 atom stereocenters. The Balaban J connectivity index is 1.84. The Morgan fingerprint density at radius 3 is 3.00 bits per heavy atom. The number of fused-ring (bicyclic) bond motifs is 1. The molecule has 108 valence electrons. The van der Waals surface area contributed by atoms with Gasteiger partial charge in [-0.3, -0.25) is 4.90 Å². The number of ether oxygens (including phenoxy) is 1. The Kier molecular flexibility index (Phi) is 4.03. The fourth-order valence-corrected chi connectivity index (χ4v) is 3.38. The molecule has 0 amide bonds. The number of nitrogens with zero attached hydrogens (tertiary/aromatic N) is 1. The lowest BCUT2D eigenvalue weighted by Gasteiger charge is -2.37. The first kappa shape index (κ1) is 13.6. The van der Waals surface area contributed by atoms with Crippen molar-refractivity contribution in [1.82, 2.24) is 4.90 Å². The Labute approximate surface area is 119 Å². The van der Waals surface area contributed by atoms with Gasteiger partial charge < -0.3 is 9.84 Å². The summed E-state index contributed by atoms with van der Waals surface area (Å²) in [5.41, 5.74) is 2.81. The van der Waals surface area contributed by atoms with Crippen molar-refractivity contribution in [2.75, 3.05) is 19.7 Å². The molecule has 0 spiro atoms. The minimum Gasteiger partial charge on any atom is -0.479 e. The molecule has 0 saturated carbocycles. The highest BCUT2D eigenvalue weighted by Gasteiger charge is 2.32. The summed E-state index contributed by atoms with van der Waals surface area (Å²) in [6.45, 7) is 1.83. The van der Waals surface area contributed by atoms with Crippen molar-refractivity contribution in [2.45, 2.75) is 37.8 Å². The molecule has 1 aliphatic heterocycles. The van der Waals surface area contributed by atoms with Gasteiger partial charge in [0.25, 0.3) is 0 Å². The van der Waals surface area contributed by atoms with Crippen LogP contribution in [-0.4, -0.2) is 41.8 Å². The van der Waals surface area contributed by atoms with Gasteiger partial charge in [0.1, 0.15) is 0 Å². The van der Waals surface area contributed by atoms with Crippen molar-refractivity contribution in [3.8, 4) is 0 Å². The van der Waals surface area contributed by atoms with Crippen LogP contribution in [0.25, 0.3) is 0 Å². The maximum atomic E-state index is 11.1. The quantitative estimate of drug-likeness (QED) is 0.841. The smallest absolute Gasteiger partial charge is 0.334 e. The number of carbonyl (C=O) groups is 1. The number of rotatable bonds is 2. The van der Waals surface area contributed by atoms with Gasteiger partial charge in [0.05, 0.1) is 6.61 Å². The molecule has 1 aromatic rings. The molecular weight excluding hydrogens is 254 g/mol. The normalized spacial score (nSPS) is 27.6. The molecule has 4 nitrogen and oxygen atoms in total. The first-order valence-electron chi connectivity index (χ1n) is 7.42. The van der Waals surface area contributed by atoms with Crippen LogP contribution in [0.5, 0.6) is 0 Å². The second kappa shape index (κ2) is 5.94. The zero-order valence-corrected chi connectivity index (χ0v) is 11.6. The lowest BCUT2D eigenvalue weighted by atomic mass is 9.97. The zero-order chi connectivity index (χ0) is 13.9. The molecule has 0 bridgehead atoms. The Hall–Kier alpha value is -1.39. The number of carboxylic acids is 1. The first-order chi connectivity index (χ1) is 9.75. The lowest BCUT2D eigenvalue weighted by Crippen LogP contribution is -2.47. The van der Waals surface area contributed by atoms with Gasteiger partial charge in [0.15, 0.2) is 6.10 Å². The monoisotopic (exact) mass is 275 g/mol. The standard InChI is InChI=1S/C16H21NO3/c18-16(19)15-11-17(9-10-20-15)14-8-4-2-6-12-5-1-3-7-13(12)14/h1,3,5,7,14-15H,2,4,6,8-11H2,(H,18,19). The van der Waals surface area contributed by atoms with Gasteiger partial charge in [0, 0.05) is 19.1 Å². The van der Waals surface area contributed by atoms with Crippen molar-refractivity contribution >= 4 is 5.97 Å². The average molecular weight is 275 g/mol. The van der Waals surface area contributed by atoms with E-state index in [1.54, 1.807) is 0 Å². The number of aryl methyl sites for hydroxylation is 1. The molecule has 1 saturated heterocycles. The molecule has 2 aliphatic rings. The van der Waals surface area contributed by atoms with Crippen molar-refractivity contribution in [3.05, 3.63) is 35.4 Å². The maximum absolute atomic E-state index is 11.1. The van der Waals surface area contributed by atoms with Crippen molar-refractivity contribution in [1.29, 1.82) is 0 Å². The largest absolute Gasteiger partial charge is 0.479 e. The molecule has 1 aromatic carbocycles. The van der Waals surface area contributed by atoms with Crippen molar-refractivity contribution in [2.24, 2.45) is 0 Å². The average Bonchev–Trinajstić information content (AvgIpc) is 2.69. The third-order valence-corrected chi connectivity index (χ3v) is 4.40. The molecule has 2 unspecified atom stereocenters. The minimum absolute atomic E-state index is 0.347. The number of carboxylic acid groups (broad SMARTS) is 1. The molecule has 1 aliphatic carbocycles. The van der Waals surface area contributed by atoms with Crippen LogP contribution in [0.1, 0.15) is 36.4 Å². The van der Waals surface area contributed by atoms with E-state index in [1.807, 2.05) is 0 Å². The number of hydrogen-bond donors (Lipinski definition) is 1. The van der Waals surface area contributed by atoms with Crippen LogP contribution in [0.2, 0.25) is 0 Å². The van der Waals surface area contributed by atoms with E-state index in [4.69, 9.17) is 9.84 Å². The molecule has 0 aromatic heterocycles. The summed E-state index contributed by atoms with van der Waals surface area (Å²) in [5, 5.41) is 9.15. The van der Waals surface area contributed by atoms with E-state index in [2.05, 4.69) is 29.2 Å². The van der Waals surface area contributed by atoms with Crippen LogP contribution >= 0.6 is 0 Å².